The highest BCUT2D eigenvalue weighted by Crippen LogP contribution is 2.37. The Labute approximate surface area is 106 Å². The smallest absolute Gasteiger partial charge is 0.0639 e. The zero-order chi connectivity index (χ0) is 12.9. The number of benzene rings is 1. The molecule has 0 spiro atoms. The zero-order valence-electron chi connectivity index (χ0n) is 11.6. The average molecular weight is 234 g/mol. The largest absolute Gasteiger partial charge is 0.392 e. The van der Waals surface area contributed by atoms with Crippen LogP contribution in [-0.4, -0.2) is 11.2 Å². The van der Waals surface area contributed by atoms with E-state index < -0.39 is 0 Å². The number of rotatable bonds is 6. The number of hydrogen-bond donors (Lipinski definition) is 1. The van der Waals surface area contributed by atoms with Gasteiger partial charge in [-0.1, -0.05) is 58.0 Å². The minimum Gasteiger partial charge on any atom is -0.392 e. The standard InChI is InChI=1S/C16H26O/c1-5-16(6-2,15(17)12-13(3)4)14-10-8-7-9-11-14/h7-11,13,15,17H,5-6,12H2,1-4H3. The molecule has 96 valence electrons. The van der Waals surface area contributed by atoms with E-state index in [4.69, 9.17) is 0 Å². The summed E-state index contributed by atoms with van der Waals surface area (Å²) in [6.07, 6.45) is 2.60. The SMILES string of the molecule is CCC(CC)(c1ccccc1)C(O)CC(C)C. The summed E-state index contributed by atoms with van der Waals surface area (Å²) >= 11 is 0. The molecule has 0 heterocycles. The van der Waals surface area contributed by atoms with Crippen molar-refractivity contribution in [3.05, 3.63) is 35.9 Å². The third-order valence-electron chi connectivity index (χ3n) is 3.94. The number of hydrogen-bond acceptors (Lipinski definition) is 1. The van der Waals surface area contributed by atoms with Gasteiger partial charge in [0.2, 0.25) is 0 Å². The van der Waals surface area contributed by atoms with Gasteiger partial charge in [-0.25, -0.2) is 0 Å². The molecule has 1 heteroatoms. The van der Waals surface area contributed by atoms with Crippen LogP contribution in [-0.2, 0) is 5.41 Å². The van der Waals surface area contributed by atoms with Crippen molar-refractivity contribution in [2.75, 3.05) is 0 Å². The fourth-order valence-corrected chi connectivity index (χ4v) is 2.76. The summed E-state index contributed by atoms with van der Waals surface area (Å²) in [4.78, 5) is 0. The predicted octanol–water partition coefficient (Wildman–Crippen LogP) is 4.15. The van der Waals surface area contributed by atoms with Crippen molar-refractivity contribution in [3.63, 3.8) is 0 Å². The highest BCUT2D eigenvalue weighted by Gasteiger charge is 2.36. The van der Waals surface area contributed by atoms with Crippen LogP contribution in [0.15, 0.2) is 30.3 Å². The first-order valence-corrected chi connectivity index (χ1v) is 6.80. The van der Waals surface area contributed by atoms with E-state index in [-0.39, 0.29) is 11.5 Å². The van der Waals surface area contributed by atoms with E-state index in [9.17, 15) is 5.11 Å². The van der Waals surface area contributed by atoms with Gasteiger partial charge >= 0.3 is 0 Å². The highest BCUT2D eigenvalue weighted by atomic mass is 16.3. The maximum Gasteiger partial charge on any atom is 0.0639 e. The van der Waals surface area contributed by atoms with Crippen LogP contribution >= 0.6 is 0 Å². The van der Waals surface area contributed by atoms with Gasteiger partial charge in [0.15, 0.2) is 0 Å². The molecule has 0 aliphatic rings. The van der Waals surface area contributed by atoms with E-state index in [0.717, 1.165) is 19.3 Å². The van der Waals surface area contributed by atoms with Gasteiger partial charge in [0.25, 0.3) is 0 Å². The molecule has 1 aromatic carbocycles. The molecule has 0 amide bonds. The van der Waals surface area contributed by atoms with Crippen molar-refractivity contribution in [1.82, 2.24) is 0 Å². The lowest BCUT2D eigenvalue weighted by molar-refractivity contribution is 0.0549. The molecule has 1 nitrogen and oxygen atoms in total. The maximum atomic E-state index is 10.6. The topological polar surface area (TPSA) is 20.2 Å². The van der Waals surface area contributed by atoms with Gasteiger partial charge in [0.05, 0.1) is 6.10 Å². The molecule has 0 fully saturated rings. The lowest BCUT2D eigenvalue weighted by Gasteiger charge is -2.38. The summed E-state index contributed by atoms with van der Waals surface area (Å²) in [7, 11) is 0. The molecule has 1 rings (SSSR count). The van der Waals surface area contributed by atoms with E-state index in [1.54, 1.807) is 0 Å². The lowest BCUT2D eigenvalue weighted by Crippen LogP contribution is -2.39. The van der Waals surface area contributed by atoms with Crippen molar-refractivity contribution in [2.45, 2.75) is 58.5 Å². The molecular weight excluding hydrogens is 208 g/mol. The van der Waals surface area contributed by atoms with Gasteiger partial charge in [-0.2, -0.15) is 0 Å². The summed E-state index contributed by atoms with van der Waals surface area (Å²) in [6.45, 7) is 8.70. The van der Waals surface area contributed by atoms with Crippen LogP contribution in [0.4, 0.5) is 0 Å². The second-order valence-electron chi connectivity index (χ2n) is 5.37. The van der Waals surface area contributed by atoms with Gasteiger partial charge in [0, 0.05) is 5.41 Å². The van der Waals surface area contributed by atoms with Crippen molar-refractivity contribution in [2.24, 2.45) is 5.92 Å². The first kappa shape index (κ1) is 14.2. The molecular formula is C16H26O. The maximum absolute atomic E-state index is 10.6. The number of aliphatic hydroxyl groups is 1. The molecule has 0 saturated heterocycles. The molecule has 1 unspecified atom stereocenters. The van der Waals surface area contributed by atoms with E-state index >= 15 is 0 Å². The molecule has 1 N–H and O–H groups in total. The molecule has 0 radical (unpaired) electrons. The first-order chi connectivity index (χ1) is 8.06. The van der Waals surface area contributed by atoms with E-state index in [0.29, 0.717) is 5.92 Å². The van der Waals surface area contributed by atoms with Crippen molar-refractivity contribution >= 4 is 0 Å². The Bertz CT molecular complexity index is 312. The van der Waals surface area contributed by atoms with Gasteiger partial charge in [-0.3, -0.25) is 0 Å². The Morgan fingerprint density at radius 3 is 2.00 bits per heavy atom. The fourth-order valence-electron chi connectivity index (χ4n) is 2.76. The Morgan fingerprint density at radius 2 is 1.59 bits per heavy atom. The quantitative estimate of drug-likeness (QED) is 0.784. The van der Waals surface area contributed by atoms with E-state index in [2.05, 4.69) is 52.0 Å². The minimum absolute atomic E-state index is 0.0778. The van der Waals surface area contributed by atoms with Crippen LogP contribution in [0, 0.1) is 5.92 Å². The summed E-state index contributed by atoms with van der Waals surface area (Å²) in [5, 5.41) is 10.6. The van der Waals surface area contributed by atoms with Crippen LogP contribution in [0.1, 0.15) is 52.5 Å². The van der Waals surface area contributed by atoms with Crippen LogP contribution in [0.25, 0.3) is 0 Å². The Balaban J connectivity index is 3.04. The average Bonchev–Trinajstić information content (AvgIpc) is 2.32. The van der Waals surface area contributed by atoms with Crippen LogP contribution in [0.2, 0.25) is 0 Å². The Morgan fingerprint density at radius 1 is 1.06 bits per heavy atom. The van der Waals surface area contributed by atoms with Crippen LogP contribution in [0.3, 0.4) is 0 Å². The third-order valence-corrected chi connectivity index (χ3v) is 3.94. The Hall–Kier alpha value is -0.820. The predicted molar refractivity (Wildman–Crippen MR) is 74.2 cm³/mol. The summed E-state index contributed by atoms with van der Waals surface area (Å²) < 4.78 is 0. The second-order valence-corrected chi connectivity index (χ2v) is 5.37. The van der Waals surface area contributed by atoms with Crippen LogP contribution < -0.4 is 0 Å². The van der Waals surface area contributed by atoms with Crippen molar-refractivity contribution in [1.29, 1.82) is 0 Å². The molecule has 0 aromatic heterocycles. The monoisotopic (exact) mass is 234 g/mol. The normalized spacial score (nSPS) is 14.0. The molecule has 0 saturated carbocycles. The van der Waals surface area contributed by atoms with Gasteiger partial charge < -0.3 is 5.11 Å². The highest BCUT2D eigenvalue weighted by molar-refractivity contribution is 5.26. The van der Waals surface area contributed by atoms with Gasteiger partial charge in [-0.15, -0.1) is 0 Å². The molecule has 1 atom stereocenters. The second kappa shape index (κ2) is 6.20. The molecule has 1 aromatic rings. The molecule has 0 bridgehead atoms. The molecule has 17 heavy (non-hydrogen) atoms. The first-order valence-electron chi connectivity index (χ1n) is 6.80. The fraction of sp³-hybridized carbons (Fsp3) is 0.625. The molecule has 0 aliphatic heterocycles. The summed E-state index contributed by atoms with van der Waals surface area (Å²) in [5.74, 6) is 0.534. The van der Waals surface area contributed by atoms with Gasteiger partial charge in [0.1, 0.15) is 0 Å². The lowest BCUT2D eigenvalue weighted by atomic mass is 9.69. The van der Waals surface area contributed by atoms with Crippen molar-refractivity contribution < 1.29 is 5.11 Å². The minimum atomic E-state index is -0.250. The molecule has 0 aliphatic carbocycles. The summed E-state index contributed by atoms with van der Waals surface area (Å²) in [5.41, 5.74) is 1.20. The van der Waals surface area contributed by atoms with Crippen molar-refractivity contribution in [3.8, 4) is 0 Å². The van der Waals surface area contributed by atoms with E-state index in [1.165, 1.54) is 5.56 Å². The summed E-state index contributed by atoms with van der Waals surface area (Å²) in [6, 6.07) is 10.5. The zero-order valence-corrected chi connectivity index (χ0v) is 11.6. The van der Waals surface area contributed by atoms with E-state index in [1.807, 2.05) is 6.07 Å². The Kier molecular flexibility index (Phi) is 5.20. The van der Waals surface area contributed by atoms with Crippen LogP contribution in [0.5, 0.6) is 0 Å². The van der Waals surface area contributed by atoms with Gasteiger partial charge in [-0.05, 0) is 30.7 Å². The number of aliphatic hydroxyl groups excluding tert-OH is 1. The third kappa shape index (κ3) is 3.10.